The standard InChI is InChI=1S/C27H30N2/c1-19(2)21-10-12-24(13-11-21)27-18-26(23-8-6-5-7-9-23)28-29(27)25-16-14-22(15-17-25)20(3)4/h5-17,19-20,27H,18H2,1-4H3. The fraction of sp³-hybridized carbons (Fsp3) is 0.296. The molecule has 0 fully saturated rings. The van der Waals surface area contributed by atoms with Gasteiger partial charge in [-0.25, -0.2) is 0 Å². The van der Waals surface area contributed by atoms with Crippen LogP contribution in [0, 0.1) is 0 Å². The summed E-state index contributed by atoms with van der Waals surface area (Å²) in [7, 11) is 0. The van der Waals surface area contributed by atoms with Gasteiger partial charge in [0.25, 0.3) is 0 Å². The average molecular weight is 383 g/mol. The minimum absolute atomic E-state index is 0.219. The van der Waals surface area contributed by atoms with Crippen LogP contribution in [0.5, 0.6) is 0 Å². The third-order valence-electron chi connectivity index (χ3n) is 5.83. The van der Waals surface area contributed by atoms with Crippen LogP contribution >= 0.6 is 0 Å². The Morgan fingerprint density at radius 2 is 1.28 bits per heavy atom. The predicted molar refractivity (Wildman–Crippen MR) is 124 cm³/mol. The molecule has 148 valence electrons. The van der Waals surface area contributed by atoms with Crippen LogP contribution in [0.25, 0.3) is 0 Å². The zero-order chi connectivity index (χ0) is 20.4. The van der Waals surface area contributed by atoms with Gasteiger partial charge in [0.05, 0.1) is 17.4 Å². The largest absolute Gasteiger partial charge is 0.257 e. The molecule has 1 atom stereocenters. The molecule has 0 N–H and O–H groups in total. The van der Waals surface area contributed by atoms with E-state index in [1.807, 2.05) is 0 Å². The van der Waals surface area contributed by atoms with Crippen LogP contribution in [-0.4, -0.2) is 5.71 Å². The first-order valence-electron chi connectivity index (χ1n) is 10.6. The highest BCUT2D eigenvalue weighted by molar-refractivity contribution is 6.03. The average Bonchev–Trinajstić information content (AvgIpc) is 3.20. The third kappa shape index (κ3) is 4.12. The minimum atomic E-state index is 0.219. The van der Waals surface area contributed by atoms with Crippen molar-refractivity contribution in [3.8, 4) is 0 Å². The number of hydrogen-bond donors (Lipinski definition) is 0. The molecule has 0 saturated carbocycles. The lowest BCUT2D eigenvalue weighted by molar-refractivity contribution is 0.707. The van der Waals surface area contributed by atoms with Gasteiger partial charge >= 0.3 is 0 Å². The van der Waals surface area contributed by atoms with E-state index >= 15 is 0 Å². The molecule has 1 aliphatic rings. The molecular formula is C27H30N2. The fourth-order valence-electron chi connectivity index (χ4n) is 3.93. The normalized spacial score (nSPS) is 16.6. The molecule has 1 unspecified atom stereocenters. The van der Waals surface area contributed by atoms with Crippen molar-refractivity contribution in [2.75, 3.05) is 5.01 Å². The SMILES string of the molecule is CC(C)c1ccc(C2CC(c3ccccc3)=NN2c2ccc(C(C)C)cc2)cc1. The van der Waals surface area contributed by atoms with Crippen molar-refractivity contribution in [3.63, 3.8) is 0 Å². The molecule has 0 amide bonds. The predicted octanol–water partition coefficient (Wildman–Crippen LogP) is 7.29. The van der Waals surface area contributed by atoms with Crippen LogP contribution in [0.4, 0.5) is 5.69 Å². The molecule has 3 aromatic carbocycles. The quantitative estimate of drug-likeness (QED) is 0.452. The summed E-state index contributed by atoms with van der Waals surface area (Å²) in [5.41, 5.74) is 7.56. The summed E-state index contributed by atoms with van der Waals surface area (Å²) < 4.78 is 0. The smallest absolute Gasteiger partial charge is 0.0831 e. The Balaban J connectivity index is 1.70. The Morgan fingerprint density at radius 1 is 0.724 bits per heavy atom. The summed E-state index contributed by atoms with van der Waals surface area (Å²) in [4.78, 5) is 0. The number of anilines is 1. The van der Waals surface area contributed by atoms with Crippen molar-refractivity contribution in [2.45, 2.75) is 52.0 Å². The highest BCUT2D eigenvalue weighted by Crippen LogP contribution is 2.37. The lowest BCUT2D eigenvalue weighted by Crippen LogP contribution is -2.18. The summed E-state index contributed by atoms with van der Waals surface area (Å²) in [5.74, 6) is 1.08. The maximum Gasteiger partial charge on any atom is 0.0831 e. The second-order valence-corrected chi connectivity index (χ2v) is 8.54. The zero-order valence-corrected chi connectivity index (χ0v) is 17.8. The number of rotatable bonds is 5. The van der Waals surface area contributed by atoms with Gasteiger partial charge in [-0.1, -0.05) is 94.4 Å². The third-order valence-corrected chi connectivity index (χ3v) is 5.83. The van der Waals surface area contributed by atoms with Crippen LogP contribution in [0.1, 0.15) is 74.2 Å². The van der Waals surface area contributed by atoms with E-state index in [9.17, 15) is 0 Å². The van der Waals surface area contributed by atoms with Crippen molar-refractivity contribution >= 4 is 11.4 Å². The number of hydrazone groups is 1. The van der Waals surface area contributed by atoms with Gasteiger partial charge in [-0.05, 0) is 46.2 Å². The van der Waals surface area contributed by atoms with Gasteiger partial charge in [-0.15, -0.1) is 0 Å². The van der Waals surface area contributed by atoms with Crippen LogP contribution in [0.2, 0.25) is 0 Å². The van der Waals surface area contributed by atoms with E-state index < -0.39 is 0 Å². The summed E-state index contributed by atoms with van der Waals surface area (Å²) in [6, 6.07) is 28.7. The molecule has 1 aliphatic heterocycles. The van der Waals surface area contributed by atoms with Crippen LogP contribution in [-0.2, 0) is 0 Å². The molecule has 0 aliphatic carbocycles. The number of hydrogen-bond acceptors (Lipinski definition) is 2. The van der Waals surface area contributed by atoms with Gasteiger partial charge in [-0.2, -0.15) is 5.10 Å². The first-order chi connectivity index (χ1) is 14.0. The first kappa shape index (κ1) is 19.4. The van der Waals surface area contributed by atoms with Crippen LogP contribution in [0.15, 0.2) is 84.0 Å². The molecule has 29 heavy (non-hydrogen) atoms. The summed E-state index contributed by atoms with van der Waals surface area (Å²) in [5, 5.41) is 7.27. The van der Waals surface area contributed by atoms with Crippen LogP contribution < -0.4 is 5.01 Å². The van der Waals surface area contributed by atoms with Gasteiger partial charge in [0.2, 0.25) is 0 Å². The molecular weight excluding hydrogens is 352 g/mol. The van der Waals surface area contributed by atoms with Crippen molar-refractivity contribution < 1.29 is 0 Å². The van der Waals surface area contributed by atoms with Crippen LogP contribution in [0.3, 0.4) is 0 Å². The van der Waals surface area contributed by atoms with Gasteiger partial charge in [0.15, 0.2) is 0 Å². The molecule has 1 heterocycles. The maximum absolute atomic E-state index is 5.07. The monoisotopic (exact) mass is 382 g/mol. The number of nitrogens with zero attached hydrogens (tertiary/aromatic N) is 2. The maximum atomic E-state index is 5.07. The summed E-state index contributed by atoms with van der Waals surface area (Å²) in [6.07, 6.45) is 0.914. The molecule has 0 bridgehead atoms. The molecule has 0 saturated heterocycles. The Hall–Kier alpha value is -2.87. The van der Waals surface area contributed by atoms with E-state index in [4.69, 9.17) is 5.10 Å². The molecule has 0 radical (unpaired) electrons. The van der Waals surface area contributed by atoms with Gasteiger partial charge < -0.3 is 0 Å². The lowest BCUT2D eigenvalue weighted by atomic mass is 9.95. The molecule has 3 aromatic rings. The van der Waals surface area contributed by atoms with E-state index in [2.05, 4.69) is 112 Å². The van der Waals surface area contributed by atoms with Crippen molar-refractivity contribution in [1.82, 2.24) is 0 Å². The Labute approximate surface area is 174 Å². The zero-order valence-electron chi connectivity index (χ0n) is 17.8. The molecule has 2 nitrogen and oxygen atoms in total. The highest BCUT2D eigenvalue weighted by Gasteiger charge is 2.30. The van der Waals surface area contributed by atoms with Gasteiger partial charge in [-0.3, -0.25) is 5.01 Å². The molecule has 2 heteroatoms. The van der Waals surface area contributed by atoms with E-state index in [0.29, 0.717) is 11.8 Å². The first-order valence-corrected chi connectivity index (χ1v) is 10.6. The Bertz CT molecular complexity index is 967. The van der Waals surface area contributed by atoms with E-state index in [-0.39, 0.29) is 6.04 Å². The number of benzene rings is 3. The fourth-order valence-corrected chi connectivity index (χ4v) is 3.93. The van der Waals surface area contributed by atoms with Gasteiger partial charge in [0, 0.05) is 6.42 Å². The van der Waals surface area contributed by atoms with Crippen molar-refractivity contribution in [1.29, 1.82) is 0 Å². The Kier molecular flexibility index (Phi) is 5.53. The Morgan fingerprint density at radius 3 is 1.83 bits per heavy atom. The van der Waals surface area contributed by atoms with Crippen molar-refractivity contribution in [3.05, 3.63) is 101 Å². The minimum Gasteiger partial charge on any atom is -0.257 e. The summed E-state index contributed by atoms with van der Waals surface area (Å²) >= 11 is 0. The van der Waals surface area contributed by atoms with Gasteiger partial charge in [0.1, 0.15) is 0 Å². The summed E-state index contributed by atoms with van der Waals surface area (Å²) in [6.45, 7) is 8.94. The second-order valence-electron chi connectivity index (χ2n) is 8.54. The lowest BCUT2D eigenvalue weighted by Gasteiger charge is -2.25. The van der Waals surface area contributed by atoms with E-state index in [1.54, 1.807) is 0 Å². The molecule has 4 rings (SSSR count). The van der Waals surface area contributed by atoms with Crippen molar-refractivity contribution in [2.24, 2.45) is 5.10 Å². The highest BCUT2D eigenvalue weighted by atomic mass is 15.5. The molecule has 0 spiro atoms. The second kappa shape index (κ2) is 8.24. The van der Waals surface area contributed by atoms with E-state index in [1.165, 1.54) is 22.3 Å². The van der Waals surface area contributed by atoms with E-state index in [0.717, 1.165) is 17.8 Å². The molecule has 0 aromatic heterocycles. The topological polar surface area (TPSA) is 15.6 Å².